The van der Waals surface area contributed by atoms with Gasteiger partial charge in [0.15, 0.2) is 0 Å². The van der Waals surface area contributed by atoms with E-state index in [1.54, 1.807) is 49.4 Å². The number of aromatic nitrogens is 1. The summed E-state index contributed by atoms with van der Waals surface area (Å²) in [6.07, 6.45) is 2.20. The highest BCUT2D eigenvalue weighted by atomic mass is 32.2. The second-order valence-electron chi connectivity index (χ2n) is 6.18. The molecule has 0 atom stereocenters. The van der Waals surface area contributed by atoms with Crippen molar-refractivity contribution in [1.29, 1.82) is 0 Å². The molecule has 0 saturated carbocycles. The molecule has 27 heavy (non-hydrogen) atoms. The van der Waals surface area contributed by atoms with Gasteiger partial charge in [-0.15, -0.1) is 0 Å². The first-order valence-corrected chi connectivity index (χ1v) is 10.4. The van der Waals surface area contributed by atoms with Crippen LogP contribution in [0.5, 0.6) is 0 Å². The van der Waals surface area contributed by atoms with Gasteiger partial charge in [-0.1, -0.05) is 18.2 Å². The van der Waals surface area contributed by atoms with Crippen molar-refractivity contribution in [3.05, 3.63) is 54.2 Å². The topological polar surface area (TPSA) is 79.8 Å². The molecular weight excluding hydrogens is 366 g/mol. The van der Waals surface area contributed by atoms with Crippen molar-refractivity contribution in [2.45, 2.75) is 18.2 Å². The average molecular weight is 389 g/mol. The molecule has 1 aliphatic rings. The lowest BCUT2D eigenvalue weighted by Gasteiger charge is -2.22. The molecule has 0 spiro atoms. The first-order chi connectivity index (χ1) is 13.0. The maximum atomic E-state index is 12.8. The minimum atomic E-state index is -3.49. The van der Waals surface area contributed by atoms with Gasteiger partial charge in [-0.25, -0.2) is 18.2 Å². The van der Waals surface area contributed by atoms with Gasteiger partial charge in [0.05, 0.1) is 17.1 Å². The van der Waals surface area contributed by atoms with Crippen LogP contribution in [0.2, 0.25) is 0 Å². The zero-order chi connectivity index (χ0) is 19.3. The predicted octanol–water partition coefficient (Wildman–Crippen LogP) is 2.16. The molecule has 2 aromatic rings. The average Bonchev–Trinajstić information content (AvgIpc) is 2.96. The Kier molecular flexibility index (Phi) is 6.08. The highest BCUT2D eigenvalue weighted by Crippen LogP contribution is 2.20. The van der Waals surface area contributed by atoms with E-state index in [0.29, 0.717) is 49.7 Å². The number of esters is 1. The summed E-state index contributed by atoms with van der Waals surface area (Å²) in [6, 6.07) is 11.9. The number of ether oxygens (including phenoxy) is 1. The Morgan fingerprint density at radius 1 is 1.07 bits per heavy atom. The van der Waals surface area contributed by atoms with Gasteiger partial charge in [0.25, 0.3) is 0 Å². The number of anilines is 1. The molecule has 2 heterocycles. The maximum absolute atomic E-state index is 12.8. The van der Waals surface area contributed by atoms with E-state index in [2.05, 4.69) is 4.98 Å². The van der Waals surface area contributed by atoms with Crippen LogP contribution in [0.15, 0.2) is 53.6 Å². The monoisotopic (exact) mass is 389 g/mol. The predicted molar refractivity (Wildman–Crippen MR) is 102 cm³/mol. The fourth-order valence-corrected chi connectivity index (χ4v) is 4.50. The van der Waals surface area contributed by atoms with Crippen molar-refractivity contribution in [3.8, 4) is 0 Å². The third-order valence-electron chi connectivity index (χ3n) is 4.42. The second-order valence-corrected chi connectivity index (χ2v) is 8.12. The van der Waals surface area contributed by atoms with E-state index >= 15 is 0 Å². The van der Waals surface area contributed by atoms with Crippen molar-refractivity contribution < 1.29 is 17.9 Å². The number of nitrogens with zero attached hydrogens (tertiary/aromatic N) is 3. The Labute approximate surface area is 159 Å². The van der Waals surface area contributed by atoms with Crippen molar-refractivity contribution in [2.24, 2.45) is 0 Å². The van der Waals surface area contributed by atoms with Crippen LogP contribution in [-0.2, 0) is 14.8 Å². The molecule has 144 valence electrons. The van der Waals surface area contributed by atoms with Crippen LogP contribution in [0.25, 0.3) is 0 Å². The van der Waals surface area contributed by atoms with Gasteiger partial charge in [0, 0.05) is 32.4 Å². The van der Waals surface area contributed by atoms with Crippen LogP contribution in [0, 0.1) is 0 Å². The number of pyridine rings is 1. The summed E-state index contributed by atoms with van der Waals surface area (Å²) in [5.74, 6) is 0.328. The van der Waals surface area contributed by atoms with Gasteiger partial charge in [-0.2, -0.15) is 4.31 Å². The molecule has 3 rings (SSSR count). The lowest BCUT2D eigenvalue weighted by atomic mass is 10.2. The number of rotatable bonds is 5. The Morgan fingerprint density at radius 3 is 2.52 bits per heavy atom. The molecule has 1 aromatic carbocycles. The van der Waals surface area contributed by atoms with E-state index in [1.807, 2.05) is 4.90 Å². The van der Waals surface area contributed by atoms with Gasteiger partial charge in [-0.05, 0) is 37.6 Å². The van der Waals surface area contributed by atoms with E-state index < -0.39 is 16.0 Å². The molecule has 8 heteroatoms. The molecule has 7 nitrogen and oxygen atoms in total. The van der Waals surface area contributed by atoms with E-state index in [1.165, 1.54) is 10.5 Å². The highest BCUT2D eigenvalue weighted by molar-refractivity contribution is 7.89. The summed E-state index contributed by atoms with van der Waals surface area (Å²) in [7, 11) is -3.49. The molecule has 1 aliphatic heterocycles. The molecule has 0 amide bonds. The van der Waals surface area contributed by atoms with E-state index in [0.717, 1.165) is 5.82 Å². The zero-order valence-corrected chi connectivity index (χ0v) is 16.1. The van der Waals surface area contributed by atoms with E-state index in [4.69, 9.17) is 4.74 Å². The summed E-state index contributed by atoms with van der Waals surface area (Å²) in [6.45, 7) is 4.17. The molecule has 1 aromatic heterocycles. The van der Waals surface area contributed by atoms with Crippen molar-refractivity contribution in [3.63, 3.8) is 0 Å². The molecule has 1 saturated heterocycles. The molecule has 1 fully saturated rings. The van der Waals surface area contributed by atoms with Gasteiger partial charge >= 0.3 is 5.97 Å². The summed E-state index contributed by atoms with van der Waals surface area (Å²) in [5.41, 5.74) is 0.406. The van der Waals surface area contributed by atoms with Crippen LogP contribution in [0.3, 0.4) is 0 Å². The van der Waals surface area contributed by atoms with Gasteiger partial charge < -0.3 is 9.64 Å². The Hall–Kier alpha value is -2.45. The number of sulfonamides is 1. The van der Waals surface area contributed by atoms with Crippen LogP contribution in [-0.4, -0.2) is 56.5 Å². The quantitative estimate of drug-likeness (QED) is 0.729. The van der Waals surface area contributed by atoms with Crippen LogP contribution >= 0.6 is 0 Å². The zero-order valence-electron chi connectivity index (χ0n) is 15.2. The number of hydrogen-bond acceptors (Lipinski definition) is 6. The Morgan fingerprint density at radius 2 is 1.85 bits per heavy atom. The third kappa shape index (κ3) is 4.45. The second kappa shape index (κ2) is 8.49. The molecule has 0 N–H and O–H groups in total. The first-order valence-electron chi connectivity index (χ1n) is 8.95. The van der Waals surface area contributed by atoms with Crippen LogP contribution in [0.1, 0.15) is 23.7 Å². The number of carbonyl (C=O) groups is 1. The Balaban J connectivity index is 1.69. The molecular formula is C19H23N3O4S. The number of carbonyl (C=O) groups excluding carboxylic acids is 1. The highest BCUT2D eigenvalue weighted by Gasteiger charge is 2.27. The fraction of sp³-hybridized carbons (Fsp3) is 0.368. The lowest BCUT2D eigenvalue weighted by molar-refractivity contribution is 0.0526. The molecule has 0 bridgehead atoms. The lowest BCUT2D eigenvalue weighted by Crippen LogP contribution is -2.35. The molecule has 0 radical (unpaired) electrons. The van der Waals surface area contributed by atoms with Gasteiger partial charge in [0.2, 0.25) is 10.0 Å². The largest absolute Gasteiger partial charge is 0.462 e. The van der Waals surface area contributed by atoms with Gasteiger partial charge in [-0.3, -0.25) is 0 Å². The summed E-state index contributed by atoms with van der Waals surface area (Å²) >= 11 is 0. The Bertz CT molecular complexity index is 870. The van der Waals surface area contributed by atoms with Crippen molar-refractivity contribution >= 4 is 21.8 Å². The molecule has 0 unspecified atom stereocenters. The minimum Gasteiger partial charge on any atom is -0.462 e. The first kappa shape index (κ1) is 19.3. The number of hydrogen-bond donors (Lipinski definition) is 0. The van der Waals surface area contributed by atoms with Crippen LogP contribution < -0.4 is 4.90 Å². The number of benzene rings is 1. The summed E-state index contributed by atoms with van der Waals surface area (Å²) in [4.78, 5) is 18.4. The van der Waals surface area contributed by atoms with Crippen molar-refractivity contribution in [1.82, 2.24) is 9.29 Å². The summed E-state index contributed by atoms with van der Waals surface area (Å²) in [5, 5.41) is 0. The fourth-order valence-electron chi connectivity index (χ4n) is 3.01. The SMILES string of the molecule is CCOC(=O)c1ccc(N2CCCN(S(=O)(=O)c3ccccc3)CC2)nc1. The smallest absolute Gasteiger partial charge is 0.339 e. The normalized spacial score (nSPS) is 16.0. The summed E-state index contributed by atoms with van der Waals surface area (Å²) < 4.78 is 32.1. The van der Waals surface area contributed by atoms with Crippen LogP contribution in [0.4, 0.5) is 5.82 Å². The van der Waals surface area contributed by atoms with E-state index in [9.17, 15) is 13.2 Å². The maximum Gasteiger partial charge on any atom is 0.339 e. The standard InChI is InChI=1S/C19H23N3O4S/c1-2-26-19(23)16-9-10-18(20-15-16)21-11-6-12-22(14-13-21)27(24,25)17-7-4-3-5-8-17/h3-5,7-10,15H,2,6,11-14H2,1H3. The third-order valence-corrected chi connectivity index (χ3v) is 6.33. The van der Waals surface area contributed by atoms with Gasteiger partial charge in [0.1, 0.15) is 5.82 Å². The minimum absolute atomic E-state index is 0.315. The molecule has 0 aliphatic carbocycles. The van der Waals surface area contributed by atoms with E-state index in [-0.39, 0.29) is 0 Å². The van der Waals surface area contributed by atoms with Crippen molar-refractivity contribution in [2.75, 3.05) is 37.7 Å².